The van der Waals surface area contributed by atoms with Crippen molar-refractivity contribution in [2.75, 3.05) is 13.1 Å². The first-order chi connectivity index (χ1) is 9.82. The number of likely N-dealkylation sites (tertiary alicyclic amines) is 1. The van der Waals surface area contributed by atoms with Crippen LogP contribution in [0.15, 0.2) is 24.3 Å². The Hall–Kier alpha value is -1.07. The summed E-state index contributed by atoms with van der Waals surface area (Å²) >= 11 is 0. The lowest BCUT2D eigenvalue weighted by molar-refractivity contribution is -0.137. The molecule has 5 heteroatoms. The summed E-state index contributed by atoms with van der Waals surface area (Å²) in [7, 11) is 0. The van der Waals surface area contributed by atoms with Crippen LogP contribution in [-0.2, 0) is 6.18 Å². The number of hydrogen-bond acceptors (Lipinski definition) is 2. The number of piperidine rings is 1. The zero-order chi connectivity index (χ0) is 15.6. The molecular weight excluding hydrogens is 277 g/mol. The van der Waals surface area contributed by atoms with E-state index in [9.17, 15) is 13.2 Å². The van der Waals surface area contributed by atoms with E-state index in [0.717, 1.165) is 30.7 Å². The van der Waals surface area contributed by atoms with Crippen LogP contribution in [-0.4, -0.2) is 24.0 Å². The molecule has 1 saturated heterocycles. The Kier molecular flexibility index (Phi) is 4.94. The summed E-state index contributed by atoms with van der Waals surface area (Å²) in [6.45, 7) is 5.74. The lowest BCUT2D eigenvalue weighted by Crippen LogP contribution is -2.45. The second-order valence-corrected chi connectivity index (χ2v) is 6.10. The number of halogens is 3. The maximum Gasteiger partial charge on any atom is 0.416 e. The van der Waals surface area contributed by atoms with Gasteiger partial charge in [0.1, 0.15) is 0 Å². The Morgan fingerprint density at radius 2 is 1.81 bits per heavy atom. The molecule has 0 amide bonds. The predicted molar refractivity (Wildman–Crippen MR) is 77.8 cm³/mol. The molecule has 2 N–H and O–H groups in total. The third kappa shape index (κ3) is 3.77. The SMILES string of the molecule is CC1CCC(C)N(C(CN)c2ccc(C(F)(F)F)cc2)C1. The predicted octanol–water partition coefficient (Wildman–Crippen LogP) is 3.83. The van der Waals surface area contributed by atoms with Crippen LogP contribution in [0.1, 0.15) is 43.9 Å². The van der Waals surface area contributed by atoms with E-state index in [2.05, 4.69) is 18.7 Å². The van der Waals surface area contributed by atoms with Crippen molar-refractivity contribution in [1.29, 1.82) is 0 Å². The topological polar surface area (TPSA) is 29.3 Å². The summed E-state index contributed by atoms with van der Waals surface area (Å²) in [5.41, 5.74) is 6.16. The van der Waals surface area contributed by atoms with Crippen molar-refractivity contribution in [3.05, 3.63) is 35.4 Å². The van der Waals surface area contributed by atoms with Gasteiger partial charge in [-0.15, -0.1) is 0 Å². The molecule has 118 valence electrons. The summed E-state index contributed by atoms with van der Waals surface area (Å²) in [5.74, 6) is 0.602. The number of rotatable bonds is 3. The molecule has 0 bridgehead atoms. The minimum Gasteiger partial charge on any atom is -0.329 e. The van der Waals surface area contributed by atoms with E-state index < -0.39 is 11.7 Å². The third-order valence-electron chi connectivity index (χ3n) is 4.41. The zero-order valence-corrected chi connectivity index (χ0v) is 12.5. The minimum absolute atomic E-state index is 0.00923. The van der Waals surface area contributed by atoms with Crippen LogP contribution in [0, 0.1) is 5.92 Å². The van der Waals surface area contributed by atoms with Gasteiger partial charge in [0.2, 0.25) is 0 Å². The Labute approximate surface area is 124 Å². The number of nitrogens with zero attached hydrogens (tertiary/aromatic N) is 1. The van der Waals surface area contributed by atoms with Gasteiger partial charge >= 0.3 is 6.18 Å². The minimum atomic E-state index is -4.29. The van der Waals surface area contributed by atoms with Crippen molar-refractivity contribution in [1.82, 2.24) is 4.90 Å². The maximum absolute atomic E-state index is 12.6. The van der Waals surface area contributed by atoms with Gasteiger partial charge in [-0.1, -0.05) is 19.1 Å². The third-order valence-corrected chi connectivity index (χ3v) is 4.41. The van der Waals surface area contributed by atoms with E-state index in [1.807, 2.05) is 0 Å². The zero-order valence-electron chi connectivity index (χ0n) is 12.5. The summed E-state index contributed by atoms with van der Waals surface area (Å²) in [4.78, 5) is 2.33. The molecule has 3 unspecified atom stereocenters. The fourth-order valence-electron chi connectivity index (χ4n) is 3.11. The Balaban J connectivity index is 2.20. The van der Waals surface area contributed by atoms with Crippen molar-refractivity contribution in [2.24, 2.45) is 11.7 Å². The Morgan fingerprint density at radius 3 is 2.33 bits per heavy atom. The molecule has 1 aromatic carbocycles. The van der Waals surface area contributed by atoms with Crippen molar-refractivity contribution >= 4 is 0 Å². The molecule has 3 atom stereocenters. The summed E-state index contributed by atoms with van der Waals surface area (Å²) < 4.78 is 37.9. The van der Waals surface area contributed by atoms with Crippen molar-refractivity contribution in [2.45, 2.75) is 44.9 Å². The van der Waals surface area contributed by atoms with Crippen molar-refractivity contribution in [3.8, 4) is 0 Å². The standard InChI is InChI=1S/C16H23F3N2/c1-11-3-4-12(2)21(10-11)15(9-20)13-5-7-14(8-6-13)16(17,18)19/h5-8,11-12,15H,3-4,9-10,20H2,1-2H3. The molecule has 2 nitrogen and oxygen atoms in total. The van der Waals surface area contributed by atoms with Crippen LogP contribution in [0.5, 0.6) is 0 Å². The molecule has 0 aromatic heterocycles. The largest absolute Gasteiger partial charge is 0.416 e. The van der Waals surface area contributed by atoms with Gasteiger partial charge in [0, 0.05) is 25.2 Å². The molecule has 0 aliphatic carbocycles. The second kappa shape index (κ2) is 6.36. The Bertz CT molecular complexity index is 456. The van der Waals surface area contributed by atoms with Crippen LogP contribution in [0.2, 0.25) is 0 Å². The summed E-state index contributed by atoms with van der Waals surface area (Å²) in [6, 6.07) is 5.83. The van der Waals surface area contributed by atoms with Crippen LogP contribution >= 0.6 is 0 Å². The van der Waals surface area contributed by atoms with Gasteiger partial charge in [-0.05, 0) is 43.4 Å². The van der Waals surface area contributed by atoms with Gasteiger partial charge in [-0.25, -0.2) is 0 Å². The molecule has 1 aliphatic rings. The molecule has 1 heterocycles. The monoisotopic (exact) mass is 300 g/mol. The number of nitrogens with two attached hydrogens (primary N) is 1. The fourth-order valence-corrected chi connectivity index (χ4v) is 3.11. The first-order valence-electron chi connectivity index (χ1n) is 7.46. The van der Waals surface area contributed by atoms with Crippen molar-refractivity contribution < 1.29 is 13.2 Å². The van der Waals surface area contributed by atoms with Crippen LogP contribution in [0.4, 0.5) is 13.2 Å². The summed E-state index contributed by atoms with van der Waals surface area (Å²) in [6.07, 6.45) is -1.98. The molecule has 1 aromatic rings. The lowest BCUT2D eigenvalue weighted by Gasteiger charge is -2.42. The first-order valence-corrected chi connectivity index (χ1v) is 7.46. The summed E-state index contributed by atoms with van der Waals surface area (Å²) in [5, 5.41) is 0. The average Bonchev–Trinajstić information content (AvgIpc) is 2.43. The average molecular weight is 300 g/mol. The smallest absolute Gasteiger partial charge is 0.329 e. The second-order valence-electron chi connectivity index (χ2n) is 6.10. The Morgan fingerprint density at radius 1 is 1.19 bits per heavy atom. The first kappa shape index (κ1) is 16.3. The highest BCUT2D eigenvalue weighted by atomic mass is 19.4. The van der Waals surface area contributed by atoms with Gasteiger partial charge in [0.15, 0.2) is 0 Å². The highest BCUT2D eigenvalue weighted by molar-refractivity contribution is 5.27. The van der Waals surface area contributed by atoms with E-state index in [1.54, 1.807) is 12.1 Å². The lowest BCUT2D eigenvalue weighted by atomic mass is 9.91. The molecule has 2 rings (SSSR count). The van der Waals surface area contributed by atoms with Gasteiger partial charge in [0.25, 0.3) is 0 Å². The van der Waals surface area contributed by atoms with Gasteiger partial charge < -0.3 is 5.73 Å². The van der Waals surface area contributed by atoms with E-state index in [0.29, 0.717) is 18.5 Å². The number of alkyl halides is 3. The van der Waals surface area contributed by atoms with Crippen molar-refractivity contribution in [3.63, 3.8) is 0 Å². The maximum atomic E-state index is 12.6. The number of hydrogen-bond donors (Lipinski definition) is 1. The molecule has 0 saturated carbocycles. The highest BCUT2D eigenvalue weighted by Crippen LogP contribution is 2.33. The highest BCUT2D eigenvalue weighted by Gasteiger charge is 2.32. The quantitative estimate of drug-likeness (QED) is 0.919. The normalized spacial score (nSPS) is 25.8. The van der Waals surface area contributed by atoms with Gasteiger partial charge in [-0.2, -0.15) is 13.2 Å². The van der Waals surface area contributed by atoms with Crippen LogP contribution < -0.4 is 5.73 Å². The van der Waals surface area contributed by atoms with Crippen LogP contribution in [0.25, 0.3) is 0 Å². The van der Waals surface area contributed by atoms with E-state index in [1.165, 1.54) is 6.42 Å². The molecule has 21 heavy (non-hydrogen) atoms. The van der Waals surface area contributed by atoms with E-state index in [-0.39, 0.29) is 6.04 Å². The molecule has 0 spiro atoms. The van der Waals surface area contributed by atoms with Gasteiger partial charge in [-0.3, -0.25) is 4.90 Å². The van der Waals surface area contributed by atoms with Gasteiger partial charge in [0.05, 0.1) is 5.56 Å². The molecule has 1 fully saturated rings. The van der Waals surface area contributed by atoms with Crippen LogP contribution in [0.3, 0.4) is 0 Å². The van der Waals surface area contributed by atoms with E-state index >= 15 is 0 Å². The molecule has 0 radical (unpaired) electrons. The molecule has 1 aliphatic heterocycles. The number of benzene rings is 1. The fraction of sp³-hybridized carbons (Fsp3) is 0.625. The van der Waals surface area contributed by atoms with E-state index in [4.69, 9.17) is 5.73 Å². The molecular formula is C16H23F3N2.